The molecule has 2 aromatic rings. The van der Waals surface area contributed by atoms with Gasteiger partial charge in [0.25, 0.3) is 0 Å². The maximum atomic E-state index is 14.0. The molecule has 0 aliphatic rings. The summed E-state index contributed by atoms with van der Waals surface area (Å²) in [5, 5.41) is 6.97. The summed E-state index contributed by atoms with van der Waals surface area (Å²) in [6, 6.07) is 0.813. The SMILES string of the molecule is CCNc1nc(-n2nc(CC)nc2CC)c(F)cc1F. The zero-order chi connectivity index (χ0) is 14.7. The van der Waals surface area contributed by atoms with Crippen molar-refractivity contribution >= 4 is 5.82 Å². The van der Waals surface area contributed by atoms with Gasteiger partial charge in [0.05, 0.1) is 0 Å². The fourth-order valence-electron chi connectivity index (χ4n) is 1.84. The molecule has 2 heterocycles. The second kappa shape index (κ2) is 5.94. The Morgan fingerprint density at radius 2 is 1.85 bits per heavy atom. The molecule has 0 spiro atoms. The summed E-state index contributed by atoms with van der Waals surface area (Å²) in [7, 11) is 0. The molecule has 1 N–H and O–H groups in total. The number of nitrogens with one attached hydrogen (secondary N) is 1. The van der Waals surface area contributed by atoms with Crippen LogP contribution < -0.4 is 5.32 Å². The zero-order valence-electron chi connectivity index (χ0n) is 11.7. The van der Waals surface area contributed by atoms with E-state index in [4.69, 9.17) is 0 Å². The lowest BCUT2D eigenvalue weighted by Gasteiger charge is -2.09. The van der Waals surface area contributed by atoms with Gasteiger partial charge >= 0.3 is 0 Å². The molecule has 2 rings (SSSR count). The maximum Gasteiger partial charge on any atom is 0.193 e. The number of hydrogen-bond donors (Lipinski definition) is 1. The van der Waals surface area contributed by atoms with Crippen molar-refractivity contribution in [1.29, 1.82) is 0 Å². The minimum absolute atomic E-state index is 0.0134. The number of pyridine rings is 1. The smallest absolute Gasteiger partial charge is 0.193 e. The molecule has 0 bridgehead atoms. The van der Waals surface area contributed by atoms with E-state index in [0.717, 1.165) is 6.07 Å². The lowest BCUT2D eigenvalue weighted by Crippen LogP contribution is -2.11. The topological polar surface area (TPSA) is 55.6 Å². The minimum Gasteiger partial charge on any atom is -0.368 e. The third-order valence-corrected chi connectivity index (χ3v) is 2.81. The monoisotopic (exact) mass is 281 g/mol. The van der Waals surface area contributed by atoms with Gasteiger partial charge in [0.15, 0.2) is 29.1 Å². The predicted octanol–water partition coefficient (Wildman–Crippen LogP) is 2.50. The summed E-state index contributed by atoms with van der Waals surface area (Å²) < 4.78 is 28.9. The number of nitrogens with zero attached hydrogens (tertiary/aromatic N) is 4. The first-order chi connectivity index (χ1) is 9.60. The van der Waals surface area contributed by atoms with Gasteiger partial charge in [-0.05, 0) is 6.92 Å². The highest BCUT2D eigenvalue weighted by atomic mass is 19.1. The van der Waals surface area contributed by atoms with Crippen molar-refractivity contribution in [3.05, 3.63) is 29.3 Å². The van der Waals surface area contributed by atoms with E-state index in [2.05, 4.69) is 20.4 Å². The van der Waals surface area contributed by atoms with Gasteiger partial charge in [-0.3, -0.25) is 0 Å². The molecule has 0 unspecified atom stereocenters. The lowest BCUT2D eigenvalue weighted by atomic mass is 10.3. The van der Waals surface area contributed by atoms with E-state index in [0.29, 0.717) is 31.0 Å². The molecule has 7 heteroatoms. The maximum absolute atomic E-state index is 14.0. The van der Waals surface area contributed by atoms with Crippen LogP contribution in [0.3, 0.4) is 0 Å². The summed E-state index contributed by atoms with van der Waals surface area (Å²) in [4.78, 5) is 8.28. The zero-order valence-corrected chi connectivity index (χ0v) is 11.7. The van der Waals surface area contributed by atoms with Gasteiger partial charge in [0.1, 0.15) is 5.82 Å². The molecule has 0 aliphatic heterocycles. The largest absolute Gasteiger partial charge is 0.368 e. The third-order valence-electron chi connectivity index (χ3n) is 2.81. The van der Waals surface area contributed by atoms with Crippen molar-refractivity contribution in [2.75, 3.05) is 11.9 Å². The fourth-order valence-corrected chi connectivity index (χ4v) is 1.84. The Labute approximate surface area is 116 Å². The molecular weight excluding hydrogens is 264 g/mol. The van der Waals surface area contributed by atoms with E-state index in [1.54, 1.807) is 0 Å². The Bertz CT molecular complexity index is 609. The average molecular weight is 281 g/mol. The van der Waals surface area contributed by atoms with E-state index in [-0.39, 0.29) is 11.6 Å². The Kier molecular flexibility index (Phi) is 4.26. The normalized spacial score (nSPS) is 10.8. The summed E-state index contributed by atoms with van der Waals surface area (Å²) in [5.74, 6) is -0.293. The van der Waals surface area contributed by atoms with Crippen LogP contribution in [0.15, 0.2) is 6.07 Å². The quantitative estimate of drug-likeness (QED) is 0.915. The van der Waals surface area contributed by atoms with Crippen LogP contribution in [0.25, 0.3) is 5.82 Å². The standard InChI is InChI=1S/C13H17F2N5/c1-4-10-17-11(5-2)20(19-10)13-9(15)7-8(14)12(18-13)16-6-3/h7H,4-6H2,1-3H3,(H,16,18). The van der Waals surface area contributed by atoms with Crippen molar-refractivity contribution in [2.24, 2.45) is 0 Å². The molecule has 0 amide bonds. The molecule has 5 nitrogen and oxygen atoms in total. The summed E-state index contributed by atoms with van der Waals surface area (Å²) in [5.41, 5.74) is 0. The molecule has 0 saturated carbocycles. The summed E-state index contributed by atoms with van der Waals surface area (Å²) in [6.07, 6.45) is 1.23. The molecule has 108 valence electrons. The number of aryl methyl sites for hydroxylation is 2. The number of hydrogen-bond acceptors (Lipinski definition) is 4. The molecule has 0 aliphatic carbocycles. The van der Waals surface area contributed by atoms with Crippen LogP contribution in [0.5, 0.6) is 0 Å². The van der Waals surface area contributed by atoms with Gasteiger partial charge < -0.3 is 5.32 Å². The van der Waals surface area contributed by atoms with Gasteiger partial charge in [-0.15, -0.1) is 5.10 Å². The first-order valence-electron chi connectivity index (χ1n) is 6.65. The van der Waals surface area contributed by atoms with Gasteiger partial charge in [-0.25, -0.2) is 18.7 Å². The van der Waals surface area contributed by atoms with Crippen LogP contribution in [0.4, 0.5) is 14.6 Å². The van der Waals surface area contributed by atoms with Crippen molar-refractivity contribution < 1.29 is 8.78 Å². The van der Waals surface area contributed by atoms with E-state index >= 15 is 0 Å². The first kappa shape index (κ1) is 14.4. The highest BCUT2D eigenvalue weighted by Crippen LogP contribution is 2.19. The number of anilines is 1. The minimum atomic E-state index is -0.758. The van der Waals surface area contributed by atoms with Crippen molar-refractivity contribution in [3.8, 4) is 5.82 Å². The van der Waals surface area contributed by atoms with E-state index in [9.17, 15) is 8.78 Å². The lowest BCUT2D eigenvalue weighted by molar-refractivity contribution is 0.559. The van der Waals surface area contributed by atoms with Gasteiger partial charge in [0.2, 0.25) is 0 Å². The third kappa shape index (κ3) is 2.61. The Morgan fingerprint density at radius 1 is 1.10 bits per heavy atom. The molecule has 20 heavy (non-hydrogen) atoms. The number of aromatic nitrogens is 4. The van der Waals surface area contributed by atoms with Crippen LogP contribution in [0.2, 0.25) is 0 Å². The number of halogens is 2. The Morgan fingerprint density at radius 3 is 2.45 bits per heavy atom. The van der Waals surface area contributed by atoms with Crippen molar-refractivity contribution in [2.45, 2.75) is 33.6 Å². The van der Waals surface area contributed by atoms with Crippen molar-refractivity contribution in [1.82, 2.24) is 19.7 Å². The summed E-state index contributed by atoms with van der Waals surface area (Å²) in [6.45, 7) is 6.11. The van der Waals surface area contributed by atoms with Crippen LogP contribution >= 0.6 is 0 Å². The molecule has 0 atom stereocenters. The second-order valence-electron chi connectivity index (χ2n) is 4.22. The van der Waals surface area contributed by atoms with Crippen LogP contribution in [0, 0.1) is 11.6 Å². The fraction of sp³-hybridized carbons (Fsp3) is 0.462. The van der Waals surface area contributed by atoms with Crippen LogP contribution in [0.1, 0.15) is 32.4 Å². The van der Waals surface area contributed by atoms with E-state index in [1.807, 2.05) is 20.8 Å². The first-order valence-corrected chi connectivity index (χ1v) is 6.65. The molecule has 0 saturated heterocycles. The van der Waals surface area contributed by atoms with Gasteiger partial charge in [-0.2, -0.15) is 4.68 Å². The summed E-state index contributed by atoms with van der Waals surface area (Å²) >= 11 is 0. The highest BCUT2D eigenvalue weighted by molar-refractivity contribution is 5.42. The Balaban J connectivity index is 2.56. The number of rotatable bonds is 5. The predicted molar refractivity (Wildman–Crippen MR) is 72.0 cm³/mol. The molecule has 2 aromatic heterocycles. The van der Waals surface area contributed by atoms with Gasteiger partial charge in [-0.1, -0.05) is 13.8 Å². The molecule has 0 fully saturated rings. The van der Waals surface area contributed by atoms with Crippen LogP contribution in [-0.2, 0) is 12.8 Å². The van der Waals surface area contributed by atoms with E-state index in [1.165, 1.54) is 4.68 Å². The Hall–Kier alpha value is -2.05. The average Bonchev–Trinajstić information content (AvgIpc) is 2.85. The van der Waals surface area contributed by atoms with E-state index < -0.39 is 11.6 Å². The molecule has 0 aromatic carbocycles. The van der Waals surface area contributed by atoms with Crippen LogP contribution in [-0.4, -0.2) is 26.3 Å². The van der Waals surface area contributed by atoms with Gasteiger partial charge in [0, 0.05) is 25.5 Å². The molecular formula is C13H17F2N5. The molecule has 0 radical (unpaired) electrons. The second-order valence-corrected chi connectivity index (χ2v) is 4.22. The highest BCUT2D eigenvalue weighted by Gasteiger charge is 2.17. The van der Waals surface area contributed by atoms with Crippen molar-refractivity contribution in [3.63, 3.8) is 0 Å².